The minimum absolute atomic E-state index is 0.0392. The van der Waals surface area contributed by atoms with Crippen LogP contribution < -0.4 is 10.6 Å². The summed E-state index contributed by atoms with van der Waals surface area (Å²) >= 11 is 0. The summed E-state index contributed by atoms with van der Waals surface area (Å²) in [6.45, 7) is 4.74. The summed E-state index contributed by atoms with van der Waals surface area (Å²) in [6.07, 6.45) is -6.63. The van der Waals surface area contributed by atoms with Gasteiger partial charge in [-0.15, -0.1) is 0 Å². The van der Waals surface area contributed by atoms with E-state index in [0.717, 1.165) is 32.2 Å². The number of nitrogens with one attached hydrogen (secondary N) is 2. The molecule has 5 nitrogen and oxygen atoms in total. The summed E-state index contributed by atoms with van der Waals surface area (Å²) in [6, 6.07) is 2.80. The smallest absolute Gasteiger partial charge is 0.313 e. The number of carbonyl (C=O) groups excluding carboxylic acids is 1. The Morgan fingerprint density at radius 2 is 1.85 bits per heavy atom. The first-order valence-corrected chi connectivity index (χ1v) is 10.1. The van der Waals surface area contributed by atoms with E-state index in [-0.39, 0.29) is 28.7 Å². The van der Waals surface area contributed by atoms with Crippen molar-refractivity contribution in [3.05, 3.63) is 47.3 Å². The highest BCUT2D eigenvalue weighted by molar-refractivity contribution is 5.90. The second kappa shape index (κ2) is 9.12. The van der Waals surface area contributed by atoms with Crippen molar-refractivity contribution in [3.8, 4) is 11.3 Å². The molecule has 0 bridgehead atoms. The Balaban J connectivity index is 2.30. The number of anilines is 1. The van der Waals surface area contributed by atoms with Crippen molar-refractivity contribution in [2.24, 2.45) is 5.92 Å². The van der Waals surface area contributed by atoms with E-state index in [1.807, 2.05) is 6.92 Å². The molecule has 0 aromatic carbocycles. The fourth-order valence-corrected chi connectivity index (χ4v) is 3.70. The van der Waals surface area contributed by atoms with Crippen molar-refractivity contribution in [2.45, 2.75) is 39.0 Å². The lowest BCUT2D eigenvalue weighted by Crippen LogP contribution is -2.27. The number of alkyl halides is 6. The van der Waals surface area contributed by atoms with Crippen LogP contribution in [0.15, 0.2) is 30.5 Å². The zero-order chi connectivity index (χ0) is 24.6. The maximum absolute atomic E-state index is 13.7. The molecule has 0 spiro atoms. The van der Waals surface area contributed by atoms with E-state index in [0.29, 0.717) is 18.7 Å². The van der Waals surface area contributed by atoms with E-state index in [9.17, 15) is 31.1 Å². The molecule has 3 rings (SSSR count). The number of nitrogens with zero attached hydrogens (tertiary/aromatic N) is 2. The molecule has 2 aromatic rings. The van der Waals surface area contributed by atoms with Gasteiger partial charge in [-0.25, -0.2) is 9.97 Å². The normalized spacial score (nSPS) is 18.0. The number of aromatic nitrogens is 2. The first-order valence-electron chi connectivity index (χ1n) is 10.1. The number of rotatable bonds is 4. The largest absolute Gasteiger partial charge is 0.416 e. The molecule has 3 heterocycles. The number of pyridine rings is 2. The third-order valence-electron chi connectivity index (χ3n) is 5.38. The fraction of sp³-hybridized carbons (Fsp3) is 0.409. The van der Waals surface area contributed by atoms with Gasteiger partial charge in [0.15, 0.2) is 0 Å². The molecule has 0 fully saturated rings. The van der Waals surface area contributed by atoms with Crippen molar-refractivity contribution in [1.29, 1.82) is 0 Å². The number of halogens is 6. The predicted molar refractivity (Wildman–Crippen MR) is 111 cm³/mol. The molecule has 0 radical (unpaired) electrons. The summed E-state index contributed by atoms with van der Waals surface area (Å²) in [7, 11) is 0. The van der Waals surface area contributed by atoms with Crippen LogP contribution in [0.2, 0.25) is 0 Å². The van der Waals surface area contributed by atoms with Gasteiger partial charge in [-0.3, -0.25) is 4.79 Å². The van der Waals surface area contributed by atoms with Crippen LogP contribution in [0.25, 0.3) is 16.8 Å². The molecule has 2 unspecified atom stereocenters. The summed E-state index contributed by atoms with van der Waals surface area (Å²) in [5.41, 5.74) is -1.34. The molecule has 0 aliphatic carbocycles. The van der Waals surface area contributed by atoms with Gasteiger partial charge in [-0.05, 0) is 36.6 Å². The van der Waals surface area contributed by atoms with Crippen molar-refractivity contribution in [1.82, 2.24) is 15.3 Å². The lowest BCUT2D eigenvalue weighted by Gasteiger charge is -2.24. The predicted octanol–water partition coefficient (Wildman–Crippen LogP) is 5.41. The minimum atomic E-state index is -4.74. The number of hydrogen-bond donors (Lipinski definition) is 2. The number of amides is 1. The first-order chi connectivity index (χ1) is 15.3. The van der Waals surface area contributed by atoms with Gasteiger partial charge in [0.05, 0.1) is 22.9 Å². The second-order valence-electron chi connectivity index (χ2n) is 7.91. The Kier molecular flexibility index (Phi) is 6.83. The van der Waals surface area contributed by atoms with Crippen LogP contribution in [0.4, 0.5) is 32.2 Å². The lowest BCUT2D eigenvalue weighted by atomic mass is 9.91. The summed E-state index contributed by atoms with van der Waals surface area (Å²) < 4.78 is 82.2. The number of hydrogen-bond acceptors (Lipinski definition) is 4. The SMILES string of the molecule is CC(=O)Nc1nccc(-c2cc(C(F)(F)F)cc(C3=CCNCC3C)n2)c1C(C)C(F)(F)F. The second-order valence-corrected chi connectivity index (χ2v) is 7.91. The van der Waals surface area contributed by atoms with Crippen molar-refractivity contribution in [2.75, 3.05) is 18.4 Å². The Bertz CT molecular complexity index is 1080. The van der Waals surface area contributed by atoms with Crippen LogP contribution in [-0.4, -0.2) is 35.1 Å². The van der Waals surface area contributed by atoms with Gasteiger partial charge in [0.2, 0.25) is 5.91 Å². The molecule has 11 heteroatoms. The highest BCUT2D eigenvalue weighted by atomic mass is 19.4. The zero-order valence-electron chi connectivity index (χ0n) is 18.0. The maximum Gasteiger partial charge on any atom is 0.416 e. The van der Waals surface area contributed by atoms with Crippen LogP contribution in [0.5, 0.6) is 0 Å². The molecule has 2 atom stereocenters. The molecule has 1 aliphatic rings. The van der Waals surface area contributed by atoms with Gasteiger partial charge in [0.1, 0.15) is 5.82 Å². The van der Waals surface area contributed by atoms with E-state index in [4.69, 9.17) is 0 Å². The third-order valence-corrected chi connectivity index (χ3v) is 5.38. The van der Waals surface area contributed by atoms with Crippen LogP contribution >= 0.6 is 0 Å². The molecular formula is C22H22F6N4O. The fourth-order valence-electron chi connectivity index (χ4n) is 3.70. The molecule has 178 valence electrons. The van der Waals surface area contributed by atoms with Crippen LogP contribution in [0.1, 0.15) is 43.5 Å². The molecular weight excluding hydrogens is 450 g/mol. The summed E-state index contributed by atoms with van der Waals surface area (Å²) in [4.78, 5) is 19.7. The molecule has 1 aliphatic heterocycles. The number of carbonyl (C=O) groups is 1. The van der Waals surface area contributed by atoms with Crippen molar-refractivity contribution < 1.29 is 31.1 Å². The van der Waals surface area contributed by atoms with Crippen LogP contribution in [-0.2, 0) is 11.0 Å². The van der Waals surface area contributed by atoms with Crippen LogP contribution in [0.3, 0.4) is 0 Å². The Labute approximate surface area is 186 Å². The topological polar surface area (TPSA) is 66.9 Å². The summed E-state index contributed by atoms with van der Waals surface area (Å²) in [5, 5.41) is 5.34. The standard InChI is InChI=1S/C22H22F6N4O/c1-11-10-29-6-4-15(11)17-8-14(22(26,27)28)9-18(32-17)16-5-7-30-20(31-13(3)33)19(16)12(2)21(23,24)25/h4-5,7-9,11-12,29H,6,10H2,1-3H3,(H,30,31,33). The molecule has 0 saturated heterocycles. The summed E-state index contributed by atoms with van der Waals surface area (Å²) in [5.74, 6) is -3.31. The zero-order valence-corrected chi connectivity index (χ0v) is 18.0. The highest BCUT2D eigenvalue weighted by Crippen LogP contribution is 2.43. The lowest BCUT2D eigenvalue weighted by molar-refractivity contribution is -0.146. The molecule has 33 heavy (non-hydrogen) atoms. The molecule has 2 aromatic heterocycles. The quantitative estimate of drug-likeness (QED) is 0.584. The van der Waals surface area contributed by atoms with E-state index in [1.54, 1.807) is 6.08 Å². The Hall–Kier alpha value is -2.95. The van der Waals surface area contributed by atoms with Gasteiger partial charge in [-0.1, -0.05) is 13.0 Å². The maximum atomic E-state index is 13.7. The minimum Gasteiger partial charge on any atom is -0.313 e. The molecule has 0 saturated carbocycles. The van der Waals surface area contributed by atoms with Gasteiger partial charge < -0.3 is 10.6 Å². The Morgan fingerprint density at radius 1 is 1.18 bits per heavy atom. The van der Waals surface area contributed by atoms with Gasteiger partial charge in [-0.2, -0.15) is 26.3 Å². The van der Waals surface area contributed by atoms with Crippen molar-refractivity contribution in [3.63, 3.8) is 0 Å². The van der Waals surface area contributed by atoms with Crippen LogP contribution in [0, 0.1) is 5.92 Å². The van der Waals surface area contributed by atoms with Crippen molar-refractivity contribution >= 4 is 17.3 Å². The van der Waals surface area contributed by atoms with E-state index in [1.165, 1.54) is 6.07 Å². The van der Waals surface area contributed by atoms with Gasteiger partial charge >= 0.3 is 12.4 Å². The van der Waals surface area contributed by atoms with E-state index in [2.05, 4.69) is 20.6 Å². The Morgan fingerprint density at radius 3 is 2.42 bits per heavy atom. The third kappa shape index (κ3) is 5.52. The first kappa shape index (κ1) is 24.7. The molecule has 2 N–H and O–H groups in total. The van der Waals surface area contributed by atoms with E-state index < -0.39 is 35.3 Å². The highest BCUT2D eigenvalue weighted by Gasteiger charge is 2.41. The average Bonchev–Trinajstić information content (AvgIpc) is 2.71. The average molecular weight is 472 g/mol. The monoisotopic (exact) mass is 472 g/mol. The van der Waals surface area contributed by atoms with E-state index >= 15 is 0 Å². The molecule has 1 amide bonds. The van der Waals surface area contributed by atoms with Gasteiger partial charge in [0.25, 0.3) is 0 Å². The van der Waals surface area contributed by atoms with Gasteiger partial charge in [0, 0.05) is 37.3 Å².